The van der Waals surface area contributed by atoms with Gasteiger partial charge in [0, 0.05) is 0 Å². The second-order valence-corrected chi connectivity index (χ2v) is 4.72. The molecule has 0 saturated heterocycles. The van der Waals surface area contributed by atoms with Gasteiger partial charge in [-0.1, -0.05) is 43.7 Å². The smallest absolute Gasteiger partial charge is 0.334 e. The zero-order valence-electron chi connectivity index (χ0n) is 12.6. The second kappa shape index (κ2) is 8.95. The average molecular weight is 290 g/mol. The van der Waals surface area contributed by atoms with E-state index in [-0.39, 0.29) is 18.6 Å². The van der Waals surface area contributed by atoms with E-state index in [1.54, 1.807) is 6.92 Å². The Balaban J connectivity index is 3.28. The number of hydrogen-bond donors (Lipinski definition) is 1. The number of ether oxygens (including phenoxy) is 1. The van der Waals surface area contributed by atoms with Gasteiger partial charge in [-0.2, -0.15) is 0 Å². The molecule has 0 spiro atoms. The number of rotatable bonds is 8. The number of allylic oxidation sites excluding steroid dienone is 1. The van der Waals surface area contributed by atoms with E-state index in [1.807, 2.05) is 30.3 Å². The maximum Gasteiger partial charge on any atom is 0.334 e. The van der Waals surface area contributed by atoms with Crippen molar-refractivity contribution in [1.82, 2.24) is 0 Å². The van der Waals surface area contributed by atoms with Crippen LogP contribution in [-0.4, -0.2) is 23.7 Å². The van der Waals surface area contributed by atoms with Gasteiger partial charge in [-0.15, -0.1) is 0 Å². The van der Waals surface area contributed by atoms with Gasteiger partial charge in [0.05, 0.1) is 18.6 Å². The number of esters is 1. The van der Waals surface area contributed by atoms with Gasteiger partial charge in [-0.3, -0.25) is 4.79 Å². The summed E-state index contributed by atoms with van der Waals surface area (Å²) in [5, 5.41) is 9.08. The SMILES string of the molecule is CCCC/C(=C(/CC(=O)O)C(=O)OCC)c1ccccc1. The Bertz CT molecular complexity index is 503. The predicted octanol–water partition coefficient (Wildman–Crippen LogP) is 3.67. The third-order valence-electron chi connectivity index (χ3n) is 3.12. The first-order valence-electron chi connectivity index (χ1n) is 7.26. The van der Waals surface area contributed by atoms with Crippen LogP contribution in [0.2, 0.25) is 0 Å². The van der Waals surface area contributed by atoms with Gasteiger partial charge in [0.15, 0.2) is 0 Å². The topological polar surface area (TPSA) is 63.6 Å². The quantitative estimate of drug-likeness (QED) is 0.586. The molecule has 114 valence electrons. The molecule has 0 fully saturated rings. The number of hydrogen-bond acceptors (Lipinski definition) is 3. The van der Waals surface area contributed by atoms with Gasteiger partial charge < -0.3 is 9.84 Å². The second-order valence-electron chi connectivity index (χ2n) is 4.72. The molecule has 0 aliphatic carbocycles. The van der Waals surface area contributed by atoms with E-state index >= 15 is 0 Å². The zero-order chi connectivity index (χ0) is 15.7. The van der Waals surface area contributed by atoms with Crippen molar-refractivity contribution in [2.24, 2.45) is 0 Å². The molecule has 1 rings (SSSR count). The molecule has 0 aliphatic rings. The van der Waals surface area contributed by atoms with Crippen molar-refractivity contribution in [3.63, 3.8) is 0 Å². The largest absolute Gasteiger partial charge is 0.481 e. The normalized spacial score (nSPS) is 11.7. The average Bonchev–Trinajstić information content (AvgIpc) is 2.47. The van der Waals surface area contributed by atoms with E-state index in [1.165, 1.54) is 0 Å². The molecular formula is C17H22O4. The lowest BCUT2D eigenvalue weighted by molar-refractivity contribution is -0.142. The Labute approximate surface area is 125 Å². The standard InChI is InChI=1S/C17H22O4/c1-3-5-11-14(13-9-7-6-8-10-13)15(12-16(18)19)17(20)21-4-2/h6-10H,3-5,11-12H2,1-2H3,(H,18,19)/b15-14+. The van der Waals surface area contributed by atoms with Crippen LogP contribution in [-0.2, 0) is 14.3 Å². The van der Waals surface area contributed by atoms with E-state index in [0.29, 0.717) is 6.42 Å². The van der Waals surface area contributed by atoms with Crippen molar-refractivity contribution in [3.05, 3.63) is 41.5 Å². The Morgan fingerprint density at radius 2 is 1.81 bits per heavy atom. The number of carbonyl (C=O) groups excluding carboxylic acids is 1. The van der Waals surface area contributed by atoms with E-state index in [9.17, 15) is 9.59 Å². The summed E-state index contributed by atoms with van der Waals surface area (Å²) in [5.41, 5.74) is 1.91. The van der Waals surface area contributed by atoms with Gasteiger partial charge in [-0.05, 0) is 30.9 Å². The van der Waals surface area contributed by atoms with Gasteiger partial charge in [0.25, 0.3) is 0 Å². The minimum Gasteiger partial charge on any atom is -0.481 e. The van der Waals surface area contributed by atoms with Crippen LogP contribution < -0.4 is 0 Å². The molecule has 4 heteroatoms. The Morgan fingerprint density at radius 1 is 1.14 bits per heavy atom. The summed E-state index contributed by atoms with van der Waals surface area (Å²) < 4.78 is 5.03. The molecule has 0 aliphatic heterocycles. The molecule has 0 saturated carbocycles. The van der Waals surface area contributed by atoms with Crippen molar-refractivity contribution in [2.45, 2.75) is 39.5 Å². The highest BCUT2D eigenvalue weighted by atomic mass is 16.5. The highest BCUT2D eigenvalue weighted by Gasteiger charge is 2.20. The lowest BCUT2D eigenvalue weighted by Crippen LogP contribution is -2.14. The first kappa shape index (κ1) is 17.0. The van der Waals surface area contributed by atoms with Gasteiger partial charge in [-0.25, -0.2) is 4.79 Å². The van der Waals surface area contributed by atoms with Crippen LogP contribution >= 0.6 is 0 Å². The molecule has 0 amide bonds. The Kier molecular flexibility index (Phi) is 7.23. The van der Waals surface area contributed by atoms with Gasteiger partial charge in [0.1, 0.15) is 0 Å². The molecule has 1 aromatic carbocycles. The van der Waals surface area contributed by atoms with Crippen LogP contribution in [0.1, 0.15) is 45.1 Å². The van der Waals surface area contributed by atoms with Crippen molar-refractivity contribution < 1.29 is 19.4 Å². The van der Waals surface area contributed by atoms with Crippen LogP contribution in [0.15, 0.2) is 35.9 Å². The first-order chi connectivity index (χ1) is 10.1. The molecule has 0 atom stereocenters. The predicted molar refractivity (Wildman–Crippen MR) is 81.8 cm³/mol. The van der Waals surface area contributed by atoms with E-state index < -0.39 is 11.9 Å². The summed E-state index contributed by atoms with van der Waals surface area (Å²) in [7, 11) is 0. The van der Waals surface area contributed by atoms with Crippen molar-refractivity contribution >= 4 is 17.5 Å². The number of benzene rings is 1. The number of carbonyl (C=O) groups is 2. The molecule has 1 aromatic rings. The summed E-state index contributed by atoms with van der Waals surface area (Å²) in [4.78, 5) is 23.2. The van der Waals surface area contributed by atoms with E-state index in [0.717, 1.165) is 24.0 Å². The van der Waals surface area contributed by atoms with Crippen LogP contribution in [0.4, 0.5) is 0 Å². The van der Waals surface area contributed by atoms with Gasteiger partial charge in [0.2, 0.25) is 0 Å². The molecule has 21 heavy (non-hydrogen) atoms. The summed E-state index contributed by atoms with van der Waals surface area (Å²) in [6, 6.07) is 9.44. The number of carboxylic acid groups (broad SMARTS) is 1. The summed E-state index contributed by atoms with van der Waals surface area (Å²) in [6.07, 6.45) is 2.22. The minimum atomic E-state index is -1.03. The van der Waals surface area contributed by atoms with Gasteiger partial charge >= 0.3 is 11.9 Å². The fourth-order valence-electron chi connectivity index (χ4n) is 2.13. The number of aliphatic carboxylic acids is 1. The monoisotopic (exact) mass is 290 g/mol. The van der Waals surface area contributed by atoms with E-state index in [4.69, 9.17) is 9.84 Å². The molecule has 0 radical (unpaired) electrons. The lowest BCUT2D eigenvalue weighted by Gasteiger charge is -2.14. The maximum atomic E-state index is 12.1. The van der Waals surface area contributed by atoms with Crippen LogP contribution in [0.3, 0.4) is 0 Å². The van der Waals surface area contributed by atoms with E-state index in [2.05, 4.69) is 6.92 Å². The Morgan fingerprint density at radius 3 is 2.33 bits per heavy atom. The molecule has 0 bridgehead atoms. The third-order valence-corrected chi connectivity index (χ3v) is 3.12. The summed E-state index contributed by atoms with van der Waals surface area (Å²) in [5.74, 6) is -1.56. The maximum absolute atomic E-state index is 12.1. The third kappa shape index (κ3) is 5.42. The molecule has 0 unspecified atom stereocenters. The lowest BCUT2D eigenvalue weighted by atomic mass is 9.93. The zero-order valence-corrected chi connectivity index (χ0v) is 12.6. The highest BCUT2D eigenvalue weighted by molar-refractivity contribution is 6.01. The molecular weight excluding hydrogens is 268 g/mol. The first-order valence-corrected chi connectivity index (χ1v) is 7.26. The Hall–Kier alpha value is -2.10. The molecule has 4 nitrogen and oxygen atoms in total. The van der Waals surface area contributed by atoms with Crippen molar-refractivity contribution in [2.75, 3.05) is 6.61 Å². The highest BCUT2D eigenvalue weighted by Crippen LogP contribution is 2.27. The molecule has 0 heterocycles. The fraction of sp³-hybridized carbons (Fsp3) is 0.412. The number of carboxylic acids is 1. The minimum absolute atomic E-state index is 0.234. The van der Waals surface area contributed by atoms with Crippen LogP contribution in [0.5, 0.6) is 0 Å². The number of unbranched alkanes of at least 4 members (excludes halogenated alkanes) is 1. The summed E-state index contributed by atoms with van der Waals surface area (Å²) in [6.45, 7) is 4.01. The summed E-state index contributed by atoms with van der Waals surface area (Å²) >= 11 is 0. The molecule has 0 aromatic heterocycles. The molecule has 1 N–H and O–H groups in total. The van der Waals surface area contributed by atoms with Crippen molar-refractivity contribution in [3.8, 4) is 0 Å². The van der Waals surface area contributed by atoms with Crippen LogP contribution in [0.25, 0.3) is 5.57 Å². The fourth-order valence-corrected chi connectivity index (χ4v) is 2.13. The van der Waals surface area contributed by atoms with Crippen LogP contribution in [0, 0.1) is 0 Å². The van der Waals surface area contributed by atoms with Crippen molar-refractivity contribution in [1.29, 1.82) is 0 Å².